The lowest BCUT2D eigenvalue weighted by molar-refractivity contribution is -0.143. The van der Waals surface area contributed by atoms with Crippen LogP contribution >= 0.6 is 0 Å². The quantitative estimate of drug-likeness (QED) is 0.550. The summed E-state index contributed by atoms with van der Waals surface area (Å²) < 4.78 is 10.3. The summed E-state index contributed by atoms with van der Waals surface area (Å²) in [6.07, 6.45) is 3.11. The Kier molecular flexibility index (Phi) is 6.26. The Morgan fingerprint density at radius 3 is 2.78 bits per heavy atom. The van der Waals surface area contributed by atoms with Crippen LogP contribution in [0.4, 0.5) is 0 Å². The van der Waals surface area contributed by atoms with Crippen molar-refractivity contribution in [2.45, 2.75) is 39.5 Å². The predicted octanol–water partition coefficient (Wildman–Crippen LogP) is 3.28. The van der Waals surface area contributed by atoms with Crippen molar-refractivity contribution in [1.29, 1.82) is 0 Å². The van der Waals surface area contributed by atoms with Crippen LogP contribution in [0.25, 0.3) is 0 Å². The van der Waals surface area contributed by atoms with Crippen molar-refractivity contribution in [1.82, 2.24) is 0 Å². The molecule has 0 heterocycles. The van der Waals surface area contributed by atoms with Gasteiger partial charge in [-0.2, -0.15) is 0 Å². The molecule has 1 aromatic carbocycles. The Bertz CT molecular complexity index is 385. The lowest BCUT2D eigenvalue weighted by Crippen LogP contribution is -2.07. The molecule has 0 aliphatic carbocycles. The van der Waals surface area contributed by atoms with Gasteiger partial charge in [0.1, 0.15) is 5.75 Å². The van der Waals surface area contributed by atoms with Gasteiger partial charge in [0.25, 0.3) is 0 Å². The molecule has 0 amide bonds. The molecule has 1 rings (SSSR count). The van der Waals surface area contributed by atoms with Crippen molar-refractivity contribution >= 4 is 5.97 Å². The van der Waals surface area contributed by atoms with Crippen molar-refractivity contribution in [3.05, 3.63) is 29.3 Å². The molecule has 0 radical (unpaired) electrons. The highest BCUT2D eigenvalue weighted by molar-refractivity contribution is 5.69. The summed E-state index contributed by atoms with van der Waals surface area (Å²) in [5, 5.41) is 0. The Balaban J connectivity index is 2.45. The van der Waals surface area contributed by atoms with Crippen LogP contribution in [0.15, 0.2) is 18.2 Å². The largest absolute Gasteiger partial charge is 0.497 e. The third-order valence-electron chi connectivity index (χ3n) is 2.92. The van der Waals surface area contributed by atoms with Crippen LogP contribution < -0.4 is 4.74 Å². The van der Waals surface area contributed by atoms with E-state index in [2.05, 4.69) is 6.92 Å². The number of unbranched alkanes of at least 4 members (excludes halogenated alkanes) is 1. The van der Waals surface area contributed by atoms with Crippen molar-refractivity contribution < 1.29 is 14.3 Å². The fourth-order valence-corrected chi connectivity index (χ4v) is 1.68. The van der Waals surface area contributed by atoms with Crippen molar-refractivity contribution in [2.24, 2.45) is 0 Å². The van der Waals surface area contributed by atoms with Gasteiger partial charge in [-0.1, -0.05) is 19.4 Å². The van der Waals surface area contributed by atoms with Crippen molar-refractivity contribution in [3.63, 3.8) is 0 Å². The van der Waals surface area contributed by atoms with Crippen LogP contribution in [-0.4, -0.2) is 19.7 Å². The highest BCUT2D eigenvalue weighted by Gasteiger charge is 2.06. The minimum atomic E-state index is -0.120. The van der Waals surface area contributed by atoms with Crippen LogP contribution in [0, 0.1) is 6.92 Å². The Morgan fingerprint density at radius 2 is 2.11 bits per heavy atom. The van der Waals surface area contributed by atoms with E-state index < -0.39 is 0 Å². The zero-order valence-electron chi connectivity index (χ0n) is 11.5. The molecule has 1 aromatic rings. The summed E-state index contributed by atoms with van der Waals surface area (Å²) in [7, 11) is 1.65. The van der Waals surface area contributed by atoms with Crippen LogP contribution in [0.3, 0.4) is 0 Å². The van der Waals surface area contributed by atoms with Gasteiger partial charge in [0, 0.05) is 6.42 Å². The summed E-state index contributed by atoms with van der Waals surface area (Å²) in [6, 6.07) is 5.92. The first-order valence-corrected chi connectivity index (χ1v) is 6.46. The number of rotatable bonds is 7. The van der Waals surface area contributed by atoms with Crippen LogP contribution in [0.5, 0.6) is 5.75 Å². The van der Waals surface area contributed by atoms with Gasteiger partial charge in [-0.25, -0.2) is 0 Å². The molecular weight excluding hydrogens is 228 g/mol. The number of benzene rings is 1. The maximum absolute atomic E-state index is 11.5. The van der Waals surface area contributed by atoms with Gasteiger partial charge in [0.15, 0.2) is 0 Å². The third kappa shape index (κ3) is 4.78. The zero-order chi connectivity index (χ0) is 13.4. The van der Waals surface area contributed by atoms with E-state index in [9.17, 15) is 4.79 Å². The van der Waals surface area contributed by atoms with E-state index in [4.69, 9.17) is 9.47 Å². The van der Waals surface area contributed by atoms with Gasteiger partial charge in [-0.05, 0) is 43.0 Å². The molecule has 0 aliphatic rings. The SMILES string of the molecule is CCCCOC(=O)CCc1cc(OC)ccc1C. The van der Waals surface area contributed by atoms with Crippen molar-refractivity contribution in [2.75, 3.05) is 13.7 Å². The second-order valence-electron chi connectivity index (χ2n) is 4.37. The average Bonchev–Trinajstić information content (AvgIpc) is 2.38. The number of esters is 1. The molecule has 0 aromatic heterocycles. The standard InChI is InChI=1S/C15H22O3/c1-4-5-10-18-15(16)9-7-13-11-14(17-3)8-6-12(13)2/h6,8,11H,4-5,7,9-10H2,1-3H3. The third-order valence-corrected chi connectivity index (χ3v) is 2.92. The maximum atomic E-state index is 11.5. The minimum Gasteiger partial charge on any atom is -0.497 e. The fraction of sp³-hybridized carbons (Fsp3) is 0.533. The number of hydrogen-bond donors (Lipinski definition) is 0. The molecule has 0 unspecified atom stereocenters. The lowest BCUT2D eigenvalue weighted by Gasteiger charge is -2.08. The number of ether oxygens (including phenoxy) is 2. The molecule has 3 heteroatoms. The molecule has 0 saturated heterocycles. The molecule has 0 saturated carbocycles. The molecule has 0 atom stereocenters. The Morgan fingerprint density at radius 1 is 1.33 bits per heavy atom. The second-order valence-corrected chi connectivity index (χ2v) is 4.37. The fourth-order valence-electron chi connectivity index (χ4n) is 1.68. The number of hydrogen-bond acceptors (Lipinski definition) is 3. The molecule has 100 valence electrons. The van der Waals surface area contributed by atoms with E-state index in [-0.39, 0.29) is 5.97 Å². The van der Waals surface area contributed by atoms with Crippen LogP contribution in [0.1, 0.15) is 37.3 Å². The lowest BCUT2D eigenvalue weighted by atomic mass is 10.0. The maximum Gasteiger partial charge on any atom is 0.306 e. The summed E-state index contributed by atoms with van der Waals surface area (Å²) in [6.45, 7) is 4.65. The van der Waals surface area contributed by atoms with Gasteiger partial charge in [-0.3, -0.25) is 4.79 Å². The molecule has 0 spiro atoms. The van der Waals surface area contributed by atoms with Gasteiger partial charge in [0.2, 0.25) is 0 Å². The monoisotopic (exact) mass is 250 g/mol. The number of carbonyl (C=O) groups excluding carboxylic acids is 1. The van der Waals surface area contributed by atoms with Crippen LogP contribution in [-0.2, 0) is 16.0 Å². The van der Waals surface area contributed by atoms with E-state index in [0.29, 0.717) is 19.4 Å². The second kappa shape index (κ2) is 7.75. The molecule has 0 N–H and O–H groups in total. The van der Waals surface area contributed by atoms with Crippen LogP contribution in [0.2, 0.25) is 0 Å². The Labute approximate surface area is 109 Å². The van der Waals surface area contributed by atoms with Crippen molar-refractivity contribution in [3.8, 4) is 5.75 Å². The van der Waals surface area contributed by atoms with Gasteiger partial charge in [-0.15, -0.1) is 0 Å². The first-order valence-electron chi connectivity index (χ1n) is 6.46. The van der Waals surface area contributed by atoms with E-state index in [1.54, 1.807) is 7.11 Å². The molecular formula is C15H22O3. The summed E-state index contributed by atoms with van der Waals surface area (Å²) in [4.78, 5) is 11.5. The first-order chi connectivity index (χ1) is 8.67. The first kappa shape index (κ1) is 14.6. The minimum absolute atomic E-state index is 0.120. The van der Waals surface area contributed by atoms with Gasteiger partial charge >= 0.3 is 5.97 Å². The normalized spacial score (nSPS) is 10.2. The van der Waals surface area contributed by atoms with E-state index in [0.717, 1.165) is 24.2 Å². The Hall–Kier alpha value is -1.51. The smallest absolute Gasteiger partial charge is 0.306 e. The van der Waals surface area contributed by atoms with Gasteiger partial charge < -0.3 is 9.47 Å². The summed E-state index contributed by atoms with van der Waals surface area (Å²) in [5.74, 6) is 0.709. The molecule has 0 fully saturated rings. The van der Waals surface area contributed by atoms with E-state index in [1.165, 1.54) is 5.56 Å². The average molecular weight is 250 g/mol. The highest BCUT2D eigenvalue weighted by Crippen LogP contribution is 2.18. The number of methoxy groups -OCH3 is 1. The number of carbonyl (C=O) groups is 1. The molecule has 0 bridgehead atoms. The van der Waals surface area contributed by atoms with E-state index in [1.807, 2.05) is 25.1 Å². The summed E-state index contributed by atoms with van der Waals surface area (Å²) in [5.41, 5.74) is 2.32. The number of aryl methyl sites for hydroxylation is 2. The topological polar surface area (TPSA) is 35.5 Å². The summed E-state index contributed by atoms with van der Waals surface area (Å²) >= 11 is 0. The molecule has 0 aliphatic heterocycles. The molecule has 18 heavy (non-hydrogen) atoms. The highest BCUT2D eigenvalue weighted by atomic mass is 16.5. The predicted molar refractivity (Wildman–Crippen MR) is 71.9 cm³/mol. The zero-order valence-corrected chi connectivity index (χ0v) is 11.5. The molecule has 3 nitrogen and oxygen atoms in total. The van der Waals surface area contributed by atoms with Gasteiger partial charge in [0.05, 0.1) is 13.7 Å². The van der Waals surface area contributed by atoms with E-state index >= 15 is 0 Å².